The van der Waals surface area contributed by atoms with Crippen molar-refractivity contribution in [2.75, 3.05) is 0 Å². The van der Waals surface area contributed by atoms with Crippen molar-refractivity contribution in [3.63, 3.8) is 0 Å². The van der Waals surface area contributed by atoms with Crippen molar-refractivity contribution >= 4 is 22.4 Å². The Morgan fingerprint density at radius 2 is 1.85 bits per heavy atom. The van der Waals surface area contributed by atoms with E-state index in [0.29, 0.717) is 24.2 Å². The summed E-state index contributed by atoms with van der Waals surface area (Å²) in [5.41, 5.74) is 11.5. The predicted molar refractivity (Wildman–Crippen MR) is 135 cm³/mol. The van der Waals surface area contributed by atoms with Gasteiger partial charge in [0.2, 0.25) is 5.88 Å². The van der Waals surface area contributed by atoms with Crippen LogP contribution in [0.4, 0.5) is 0 Å². The largest absolute Gasteiger partial charge is 0.493 e. The number of aromatic amines is 1. The zero-order valence-corrected chi connectivity index (χ0v) is 19.1. The Labute approximate surface area is 197 Å². The Morgan fingerprint density at radius 3 is 2.65 bits per heavy atom. The van der Waals surface area contributed by atoms with Crippen LogP contribution in [0.1, 0.15) is 49.1 Å². The van der Waals surface area contributed by atoms with Crippen molar-refractivity contribution < 1.29 is 5.11 Å². The molecule has 7 nitrogen and oxygen atoms in total. The first-order chi connectivity index (χ1) is 16.5. The normalized spacial score (nSPS) is 12.4. The van der Waals surface area contributed by atoms with Crippen LogP contribution in [0, 0.1) is 5.41 Å². The second-order valence-electron chi connectivity index (χ2n) is 8.70. The smallest absolute Gasteiger partial charge is 0.219 e. The fourth-order valence-electron chi connectivity index (χ4n) is 4.49. The summed E-state index contributed by atoms with van der Waals surface area (Å²) in [5, 5.41) is 19.8. The average molecular weight is 453 g/mol. The number of nitrogens with one attached hydrogen (secondary N) is 2. The van der Waals surface area contributed by atoms with Gasteiger partial charge in [0.25, 0.3) is 0 Å². The van der Waals surface area contributed by atoms with E-state index in [1.54, 1.807) is 4.40 Å². The highest BCUT2D eigenvalue weighted by Crippen LogP contribution is 2.34. The van der Waals surface area contributed by atoms with Crippen molar-refractivity contribution in [1.82, 2.24) is 19.4 Å². The van der Waals surface area contributed by atoms with Crippen LogP contribution in [0.2, 0.25) is 0 Å². The third kappa shape index (κ3) is 4.01. The molecule has 0 saturated carbocycles. The zero-order valence-electron chi connectivity index (χ0n) is 19.1. The van der Waals surface area contributed by atoms with E-state index in [1.165, 1.54) is 0 Å². The third-order valence-corrected chi connectivity index (χ3v) is 6.36. The third-order valence-electron chi connectivity index (χ3n) is 6.36. The molecule has 5 rings (SSSR count). The minimum absolute atomic E-state index is 0.0665. The minimum Gasteiger partial charge on any atom is -0.493 e. The first kappa shape index (κ1) is 21.7. The van der Waals surface area contributed by atoms with Gasteiger partial charge in [-0.05, 0) is 30.9 Å². The highest BCUT2D eigenvalue weighted by atomic mass is 16.3. The van der Waals surface area contributed by atoms with Gasteiger partial charge in [-0.3, -0.25) is 9.81 Å². The summed E-state index contributed by atoms with van der Waals surface area (Å²) >= 11 is 0. The summed E-state index contributed by atoms with van der Waals surface area (Å²) in [5.74, 6) is 0.270. The van der Waals surface area contributed by atoms with E-state index < -0.39 is 0 Å². The summed E-state index contributed by atoms with van der Waals surface area (Å²) in [4.78, 5) is 13.2. The molecule has 5 N–H and O–H groups in total. The van der Waals surface area contributed by atoms with Gasteiger partial charge in [-0.25, -0.2) is 9.97 Å². The summed E-state index contributed by atoms with van der Waals surface area (Å²) in [6.45, 7) is 2.05. The Kier molecular flexibility index (Phi) is 5.76. The minimum atomic E-state index is -0.0665. The zero-order chi connectivity index (χ0) is 23.7. The van der Waals surface area contributed by atoms with Crippen LogP contribution in [-0.4, -0.2) is 30.3 Å². The molecule has 7 heteroatoms. The molecule has 0 spiro atoms. The summed E-state index contributed by atoms with van der Waals surface area (Å²) in [7, 11) is 0. The van der Waals surface area contributed by atoms with Gasteiger partial charge in [0.15, 0.2) is 5.65 Å². The number of amidine groups is 1. The fourth-order valence-corrected chi connectivity index (χ4v) is 4.49. The molecule has 3 heterocycles. The molecule has 1 atom stereocenters. The Bertz CT molecular complexity index is 1470. The lowest BCUT2D eigenvalue weighted by atomic mass is 9.98. The molecule has 34 heavy (non-hydrogen) atoms. The highest BCUT2D eigenvalue weighted by Gasteiger charge is 2.22. The SMILES string of the molecule is CC(c1ccccc1)c1nc2c(CCCCC(=N)N)nc(-c3c[nH]c4ccccc34)cn2c1O. The van der Waals surface area contributed by atoms with E-state index in [2.05, 4.69) is 18.0 Å². The number of imidazole rings is 1. The predicted octanol–water partition coefficient (Wildman–Crippen LogP) is 5.38. The number of aryl methyl sites for hydroxylation is 1. The maximum Gasteiger partial charge on any atom is 0.219 e. The maximum atomic E-state index is 11.2. The number of hydrogen-bond donors (Lipinski definition) is 4. The summed E-state index contributed by atoms with van der Waals surface area (Å²) in [6, 6.07) is 18.2. The molecule has 0 saturated heterocycles. The standard InChI is InChI=1S/C27H28N6O/c1-17(18-9-3-2-4-10-18)25-27(34)33-16-23(20-15-30-21-12-6-5-11-19(20)21)31-22(26(33)32-25)13-7-8-14-24(28)29/h2-6,9-12,15-17,30,34H,7-8,13-14H2,1H3,(H3,28,29). The number of H-pyrrole nitrogens is 1. The summed E-state index contributed by atoms with van der Waals surface area (Å²) < 4.78 is 1.76. The number of unbranched alkanes of at least 4 members (excludes halogenated alkanes) is 1. The first-order valence-electron chi connectivity index (χ1n) is 11.6. The second-order valence-corrected chi connectivity index (χ2v) is 8.70. The number of benzene rings is 2. The molecule has 5 aromatic rings. The molecule has 3 aromatic heterocycles. The number of para-hydroxylation sites is 1. The molecule has 0 aliphatic carbocycles. The van der Waals surface area contributed by atoms with Gasteiger partial charge in [0.05, 0.1) is 17.2 Å². The second kappa shape index (κ2) is 9.02. The number of hydrogen-bond acceptors (Lipinski definition) is 4. The lowest BCUT2D eigenvalue weighted by Crippen LogP contribution is -2.09. The molecule has 0 aliphatic heterocycles. The number of fused-ring (bicyclic) bond motifs is 2. The highest BCUT2D eigenvalue weighted by molar-refractivity contribution is 5.94. The first-order valence-corrected chi connectivity index (χ1v) is 11.6. The molecular formula is C27H28N6O. The number of nitrogens with two attached hydrogens (primary N) is 1. The van der Waals surface area contributed by atoms with Crippen molar-refractivity contribution in [2.45, 2.75) is 38.5 Å². The molecule has 2 aromatic carbocycles. The lowest BCUT2D eigenvalue weighted by molar-refractivity contribution is 0.439. The summed E-state index contributed by atoms with van der Waals surface area (Å²) in [6.07, 6.45) is 6.71. The molecule has 0 bridgehead atoms. The molecular weight excluding hydrogens is 424 g/mol. The Balaban J connectivity index is 1.62. The van der Waals surface area contributed by atoms with E-state index in [4.69, 9.17) is 21.1 Å². The number of rotatable bonds is 8. The molecule has 1 unspecified atom stereocenters. The number of nitrogens with zero attached hydrogens (tertiary/aromatic N) is 3. The van der Waals surface area contributed by atoms with Crippen molar-refractivity contribution in [2.24, 2.45) is 5.73 Å². The molecule has 0 radical (unpaired) electrons. The van der Waals surface area contributed by atoms with Gasteiger partial charge in [0.1, 0.15) is 5.69 Å². The quantitative estimate of drug-likeness (QED) is 0.144. The lowest BCUT2D eigenvalue weighted by Gasteiger charge is -2.09. The maximum absolute atomic E-state index is 11.2. The van der Waals surface area contributed by atoms with Crippen LogP contribution < -0.4 is 5.73 Å². The Hall–Kier alpha value is -4.13. The van der Waals surface area contributed by atoms with Crippen LogP contribution in [0.25, 0.3) is 27.8 Å². The Morgan fingerprint density at radius 1 is 1.09 bits per heavy atom. The van der Waals surface area contributed by atoms with Gasteiger partial charge in [-0.1, -0.05) is 55.5 Å². The molecule has 172 valence electrons. The van der Waals surface area contributed by atoms with Crippen LogP contribution in [0.5, 0.6) is 5.88 Å². The van der Waals surface area contributed by atoms with E-state index in [0.717, 1.165) is 46.3 Å². The van der Waals surface area contributed by atoms with Crippen molar-refractivity contribution in [3.8, 4) is 17.1 Å². The van der Waals surface area contributed by atoms with Crippen molar-refractivity contribution in [3.05, 3.63) is 83.9 Å². The molecule has 0 aliphatic rings. The van der Waals surface area contributed by atoms with Gasteiger partial charge in [-0.2, -0.15) is 0 Å². The van der Waals surface area contributed by atoms with E-state index in [-0.39, 0.29) is 17.6 Å². The monoisotopic (exact) mass is 452 g/mol. The van der Waals surface area contributed by atoms with Gasteiger partial charge in [-0.15, -0.1) is 0 Å². The van der Waals surface area contributed by atoms with Crippen molar-refractivity contribution in [1.29, 1.82) is 5.41 Å². The van der Waals surface area contributed by atoms with Crippen LogP contribution >= 0.6 is 0 Å². The van der Waals surface area contributed by atoms with Crippen LogP contribution in [0.15, 0.2) is 67.0 Å². The fraction of sp³-hybridized carbons (Fsp3) is 0.222. The van der Waals surface area contributed by atoms with E-state index in [1.807, 2.05) is 60.9 Å². The average Bonchev–Trinajstić information content (AvgIpc) is 3.43. The topological polar surface area (TPSA) is 116 Å². The van der Waals surface area contributed by atoms with Crippen LogP contribution in [0.3, 0.4) is 0 Å². The van der Waals surface area contributed by atoms with Gasteiger partial charge >= 0.3 is 0 Å². The van der Waals surface area contributed by atoms with E-state index >= 15 is 0 Å². The number of aromatic nitrogens is 4. The molecule has 0 amide bonds. The number of aromatic hydroxyl groups is 1. The van der Waals surface area contributed by atoms with E-state index in [9.17, 15) is 5.11 Å². The van der Waals surface area contributed by atoms with Crippen LogP contribution in [-0.2, 0) is 6.42 Å². The van der Waals surface area contributed by atoms with Gasteiger partial charge in [0, 0.05) is 41.2 Å². The van der Waals surface area contributed by atoms with Gasteiger partial charge < -0.3 is 15.8 Å². The molecule has 0 fully saturated rings.